The predicted octanol–water partition coefficient (Wildman–Crippen LogP) is 2.56. The van der Waals surface area contributed by atoms with Gasteiger partial charge >= 0.3 is 0 Å². The molecule has 1 atom stereocenters. The maximum atomic E-state index is 14.1. The number of carbonyl (C=O) groups excluding carboxylic acids is 2. The fourth-order valence-corrected chi connectivity index (χ4v) is 2.84. The summed E-state index contributed by atoms with van der Waals surface area (Å²) in [6, 6.07) is 11.8. The zero-order chi connectivity index (χ0) is 17.8. The Balaban J connectivity index is 1.61. The van der Waals surface area contributed by atoms with Crippen LogP contribution in [0.1, 0.15) is 40.4 Å². The van der Waals surface area contributed by atoms with E-state index in [1.54, 1.807) is 0 Å². The molecule has 2 aromatic carbocycles. The minimum absolute atomic E-state index is 0.0518. The summed E-state index contributed by atoms with van der Waals surface area (Å²) in [4.78, 5) is 23.6. The van der Waals surface area contributed by atoms with Gasteiger partial charge in [0.25, 0.3) is 5.91 Å². The standard InChI is InChI=1S/C19H19FN2O3/c20-15-11-16-13(6-7-18(24)22-16)10-14(15)19(25)21-9-8-17(23)12-4-2-1-3-5-12/h1-5,10-11,17,23H,6-9H2,(H,21,25)(H,22,24)/t17-/m0/s1. The van der Waals surface area contributed by atoms with E-state index in [0.717, 1.165) is 11.1 Å². The van der Waals surface area contributed by atoms with Gasteiger partial charge in [0.1, 0.15) is 5.82 Å². The number of anilines is 1. The highest BCUT2D eigenvalue weighted by Crippen LogP contribution is 2.26. The van der Waals surface area contributed by atoms with E-state index in [4.69, 9.17) is 0 Å². The highest BCUT2D eigenvalue weighted by Gasteiger charge is 2.20. The van der Waals surface area contributed by atoms with Crippen molar-refractivity contribution in [2.24, 2.45) is 0 Å². The van der Waals surface area contributed by atoms with Crippen LogP contribution in [0.15, 0.2) is 42.5 Å². The van der Waals surface area contributed by atoms with Crippen molar-refractivity contribution in [3.63, 3.8) is 0 Å². The number of carbonyl (C=O) groups is 2. The number of halogens is 1. The molecule has 6 heteroatoms. The molecule has 0 fully saturated rings. The molecule has 1 aliphatic rings. The molecule has 0 unspecified atom stereocenters. The van der Waals surface area contributed by atoms with Gasteiger partial charge in [0.05, 0.1) is 11.7 Å². The lowest BCUT2D eigenvalue weighted by atomic mass is 9.99. The minimum atomic E-state index is -0.690. The summed E-state index contributed by atoms with van der Waals surface area (Å²) in [5, 5.41) is 15.3. The Morgan fingerprint density at radius 2 is 2.00 bits per heavy atom. The summed E-state index contributed by atoms with van der Waals surface area (Å²) in [6.07, 6.45) is 0.445. The van der Waals surface area contributed by atoms with Crippen LogP contribution in [-0.4, -0.2) is 23.5 Å². The third-order valence-corrected chi connectivity index (χ3v) is 4.22. The molecule has 25 heavy (non-hydrogen) atoms. The second kappa shape index (κ2) is 7.44. The van der Waals surface area contributed by atoms with Gasteiger partial charge in [0, 0.05) is 18.7 Å². The van der Waals surface area contributed by atoms with E-state index in [0.29, 0.717) is 24.9 Å². The van der Waals surface area contributed by atoms with E-state index < -0.39 is 17.8 Å². The van der Waals surface area contributed by atoms with Crippen molar-refractivity contribution >= 4 is 17.5 Å². The molecule has 0 bridgehead atoms. The first-order valence-electron chi connectivity index (χ1n) is 8.18. The molecule has 2 aromatic rings. The monoisotopic (exact) mass is 342 g/mol. The van der Waals surface area contributed by atoms with Gasteiger partial charge < -0.3 is 15.7 Å². The van der Waals surface area contributed by atoms with Crippen molar-refractivity contribution in [1.29, 1.82) is 0 Å². The molecule has 0 spiro atoms. The number of amides is 2. The third-order valence-electron chi connectivity index (χ3n) is 4.22. The first kappa shape index (κ1) is 17.1. The average Bonchev–Trinajstić information content (AvgIpc) is 2.61. The number of fused-ring (bicyclic) bond motifs is 1. The molecule has 3 N–H and O–H groups in total. The smallest absolute Gasteiger partial charge is 0.254 e. The fourth-order valence-electron chi connectivity index (χ4n) is 2.84. The lowest BCUT2D eigenvalue weighted by Crippen LogP contribution is -2.27. The van der Waals surface area contributed by atoms with Gasteiger partial charge in [-0.25, -0.2) is 4.39 Å². The van der Waals surface area contributed by atoms with Gasteiger partial charge in [-0.1, -0.05) is 30.3 Å². The van der Waals surface area contributed by atoms with E-state index >= 15 is 0 Å². The topological polar surface area (TPSA) is 78.4 Å². The second-order valence-electron chi connectivity index (χ2n) is 6.01. The van der Waals surface area contributed by atoms with Gasteiger partial charge in [-0.05, 0) is 36.1 Å². The van der Waals surface area contributed by atoms with E-state index in [9.17, 15) is 19.1 Å². The van der Waals surface area contributed by atoms with Crippen molar-refractivity contribution < 1.29 is 19.1 Å². The Morgan fingerprint density at radius 3 is 2.76 bits per heavy atom. The van der Waals surface area contributed by atoms with E-state index in [1.165, 1.54) is 12.1 Å². The Morgan fingerprint density at radius 1 is 1.24 bits per heavy atom. The van der Waals surface area contributed by atoms with E-state index in [2.05, 4.69) is 10.6 Å². The molecule has 1 aliphatic heterocycles. The van der Waals surface area contributed by atoms with Crippen molar-refractivity contribution in [3.8, 4) is 0 Å². The highest BCUT2D eigenvalue weighted by atomic mass is 19.1. The summed E-state index contributed by atoms with van der Waals surface area (Å²) in [7, 11) is 0. The lowest BCUT2D eigenvalue weighted by molar-refractivity contribution is -0.116. The molecule has 0 saturated carbocycles. The number of nitrogens with one attached hydrogen (secondary N) is 2. The molecule has 3 rings (SSSR count). The first-order chi connectivity index (χ1) is 12.0. The van der Waals surface area contributed by atoms with Crippen LogP contribution in [0.3, 0.4) is 0 Å². The van der Waals surface area contributed by atoms with Crippen LogP contribution in [0.2, 0.25) is 0 Å². The zero-order valence-corrected chi connectivity index (χ0v) is 13.6. The number of aryl methyl sites for hydroxylation is 1. The largest absolute Gasteiger partial charge is 0.388 e. The first-order valence-corrected chi connectivity index (χ1v) is 8.18. The Hall–Kier alpha value is -2.73. The summed E-state index contributed by atoms with van der Waals surface area (Å²) < 4.78 is 14.1. The molecule has 5 nitrogen and oxygen atoms in total. The summed E-state index contributed by atoms with van der Waals surface area (Å²) >= 11 is 0. The third kappa shape index (κ3) is 4.03. The molecule has 0 aromatic heterocycles. The normalized spacial score (nSPS) is 14.4. The van der Waals surface area contributed by atoms with Crippen LogP contribution in [0.5, 0.6) is 0 Å². The molecule has 0 radical (unpaired) electrons. The summed E-state index contributed by atoms with van der Waals surface area (Å²) in [5.74, 6) is -1.36. The minimum Gasteiger partial charge on any atom is -0.388 e. The Labute approximate surface area is 144 Å². The molecule has 1 heterocycles. The number of benzene rings is 2. The van der Waals surface area contributed by atoms with Crippen molar-refractivity contribution in [1.82, 2.24) is 5.32 Å². The number of aliphatic hydroxyl groups excluding tert-OH is 1. The highest BCUT2D eigenvalue weighted by molar-refractivity contribution is 5.98. The van der Waals surface area contributed by atoms with Gasteiger partial charge in [-0.2, -0.15) is 0 Å². The Kier molecular flexibility index (Phi) is 5.09. The molecule has 0 aliphatic carbocycles. The van der Waals surface area contributed by atoms with E-state index in [1.807, 2.05) is 30.3 Å². The maximum Gasteiger partial charge on any atom is 0.254 e. The lowest BCUT2D eigenvalue weighted by Gasteiger charge is -2.18. The van der Waals surface area contributed by atoms with Crippen LogP contribution < -0.4 is 10.6 Å². The van der Waals surface area contributed by atoms with Crippen LogP contribution in [0, 0.1) is 5.82 Å². The van der Waals surface area contributed by atoms with Gasteiger partial charge in [0.15, 0.2) is 0 Å². The number of aliphatic hydroxyl groups is 1. The van der Waals surface area contributed by atoms with Crippen LogP contribution in [0.25, 0.3) is 0 Å². The van der Waals surface area contributed by atoms with Gasteiger partial charge in [-0.3, -0.25) is 9.59 Å². The fraction of sp³-hybridized carbons (Fsp3) is 0.263. The molecule has 0 saturated heterocycles. The van der Waals surface area contributed by atoms with Gasteiger partial charge in [-0.15, -0.1) is 0 Å². The molecular formula is C19H19FN2O3. The predicted molar refractivity (Wildman–Crippen MR) is 91.7 cm³/mol. The molecule has 2 amide bonds. The Bertz CT molecular complexity index is 793. The van der Waals surface area contributed by atoms with Crippen LogP contribution >= 0.6 is 0 Å². The van der Waals surface area contributed by atoms with Gasteiger partial charge in [0.2, 0.25) is 5.91 Å². The van der Waals surface area contributed by atoms with Crippen molar-refractivity contribution in [2.75, 3.05) is 11.9 Å². The summed E-state index contributed by atoms with van der Waals surface area (Å²) in [5.41, 5.74) is 1.89. The maximum absolute atomic E-state index is 14.1. The van der Waals surface area contributed by atoms with Crippen LogP contribution in [-0.2, 0) is 11.2 Å². The van der Waals surface area contributed by atoms with Crippen molar-refractivity contribution in [2.45, 2.75) is 25.4 Å². The van der Waals surface area contributed by atoms with E-state index in [-0.39, 0.29) is 18.0 Å². The number of hydrogen-bond acceptors (Lipinski definition) is 3. The number of hydrogen-bond donors (Lipinski definition) is 3. The van der Waals surface area contributed by atoms with Crippen LogP contribution in [0.4, 0.5) is 10.1 Å². The molecule has 130 valence electrons. The molecular weight excluding hydrogens is 323 g/mol. The van der Waals surface area contributed by atoms with Crippen molar-refractivity contribution in [3.05, 3.63) is 65.0 Å². The second-order valence-corrected chi connectivity index (χ2v) is 6.01. The SMILES string of the molecule is O=C1CCc2cc(C(=O)NCC[C@H](O)c3ccccc3)c(F)cc2N1. The zero-order valence-electron chi connectivity index (χ0n) is 13.6. The summed E-state index contributed by atoms with van der Waals surface area (Å²) in [6.45, 7) is 0.224. The number of rotatable bonds is 5. The average molecular weight is 342 g/mol. The quantitative estimate of drug-likeness (QED) is 0.781.